The Bertz CT molecular complexity index is 1280. The van der Waals surface area contributed by atoms with Gasteiger partial charge in [0.25, 0.3) is 0 Å². The third-order valence-electron chi connectivity index (χ3n) is 4.57. The van der Waals surface area contributed by atoms with Crippen LogP contribution in [0.15, 0.2) is 72.8 Å². The van der Waals surface area contributed by atoms with Gasteiger partial charge < -0.3 is 4.98 Å². The van der Waals surface area contributed by atoms with Crippen LogP contribution in [0.25, 0.3) is 44.6 Å². The fourth-order valence-corrected chi connectivity index (χ4v) is 3.51. The molecule has 130 valence electrons. The van der Waals surface area contributed by atoms with E-state index < -0.39 is 0 Å². The molecule has 0 saturated heterocycles. The van der Waals surface area contributed by atoms with E-state index in [4.69, 9.17) is 16.6 Å². The van der Waals surface area contributed by atoms with E-state index >= 15 is 0 Å². The summed E-state index contributed by atoms with van der Waals surface area (Å²) in [7, 11) is 0. The SMILES string of the molecule is Fc1ccc2nc(-c3ccccc3Cl)cc(-c3nc4ccccc4[nH]3)c2c1. The summed E-state index contributed by atoms with van der Waals surface area (Å²) < 4.78 is 13.9. The Morgan fingerprint density at radius 2 is 1.59 bits per heavy atom. The number of para-hydroxylation sites is 2. The number of fused-ring (bicyclic) bond motifs is 2. The van der Waals surface area contributed by atoms with Crippen LogP contribution >= 0.6 is 11.6 Å². The lowest BCUT2D eigenvalue weighted by atomic mass is 10.0. The van der Waals surface area contributed by atoms with Crippen molar-refractivity contribution in [3.8, 4) is 22.6 Å². The highest BCUT2D eigenvalue weighted by Gasteiger charge is 2.14. The molecule has 1 N–H and O–H groups in total. The van der Waals surface area contributed by atoms with Gasteiger partial charge in [0, 0.05) is 21.5 Å². The lowest BCUT2D eigenvalue weighted by Gasteiger charge is -2.09. The van der Waals surface area contributed by atoms with Crippen molar-refractivity contribution in [2.45, 2.75) is 0 Å². The summed E-state index contributed by atoms with van der Waals surface area (Å²) in [6, 6.07) is 21.8. The zero-order chi connectivity index (χ0) is 18.4. The van der Waals surface area contributed by atoms with Gasteiger partial charge >= 0.3 is 0 Å². The minimum Gasteiger partial charge on any atom is -0.338 e. The van der Waals surface area contributed by atoms with Crippen molar-refractivity contribution in [1.82, 2.24) is 15.0 Å². The number of halogens is 2. The van der Waals surface area contributed by atoms with Gasteiger partial charge in [-0.2, -0.15) is 0 Å². The highest BCUT2D eigenvalue weighted by Crippen LogP contribution is 2.34. The molecule has 0 aliphatic rings. The second kappa shape index (κ2) is 6.18. The molecule has 0 unspecified atom stereocenters. The molecule has 0 atom stereocenters. The topological polar surface area (TPSA) is 41.6 Å². The van der Waals surface area contributed by atoms with Crippen LogP contribution in [0.1, 0.15) is 0 Å². The number of aromatic nitrogens is 3. The maximum absolute atomic E-state index is 13.9. The second-order valence-electron chi connectivity index (χ2n) is 6.30. The van der Waals surface area contributed by atoms with E-state index in [0.717, 1.165) is 27.9 Å². The van der Waals surface area contributed by atoms with Gasteiger partial charge in [-0.25, -0.2) is 14.4 Å². The first-order valence-electron chi connectivity index (χ1n) is 8.49. The number of nitrogens with one attached hydrogen (secondary N) is 1. The van der Waals surface area contributed by atoms with E-state index in [9.17, 15) is 4.39 Å². The van der Waals surface area contributed by atoms with Gasteiger partial charge in [0.05, 0.1) is 22.2 Å². The summed E-state index contributed by atoms with van der Waals surface area (Å²) in [4.78, 5) is 12.7. The lowest BCUT2D eigenvalue weighted by Crippen LogP contribution is -1.92. The van der Waals surface area contributed by atoms with Crippen LogP contribution in [0, 0.1) is 5.82 Å². The summed E-state index contributed by atoms with van der Waals surface area (Å²) >= 11 is 6.37. The summed E-state index contributed by atoms with van der Waals surface area (Å²) in [5, 5.41) is 1.31. The molecule has 5 aromatic rings. The molecule has 0 saturated carbocycles. The molecule has 0 aliphatic heterocycles. The highest BCUT2D eigenvalue weighted by molar-refractivity contribution is 6.33. The maximum atomic E-state index is 13.9. The van der Waals surface area contributed by atoms with Crippen molar-refractivity contribution in [3.05, 3.63) is 83.6 Å². The minimum atomic E-state index is -0.313. The fraction of sp³-hybridized carbons (Fsp3) is 0. The molecule has 0 fully saturated rings. The first-order chi connectivity index (χ1) is 13.2. The van der Waals surface area contributed by atoms with Crippen LogP contribution in [0.5, 0.6) is 0 Å². The van der Waals surface area contributed by atoms with Gasteiger partial charge in [-0.1, -0.05) is 41.9 Å². The van der Waals surface area contributed by atoms with Crippen LogP contribution < -0.4 is 0 Å². The van der Waals surface area contributed by atoms with Gasteiger partial charge in [0.2, 0.25) is 0 Å². The monoisotopic (exact) mass is 373 g/mol. The Kier molecular flexibility index (Phi) is 3.66. The summed E-state index contributed by atoms with van der Waals surface area (Å²) in [6.07, 6.45) is 0. The van der Waals surface area contributed by atoms with Crippen molar-refractivity contribution < 1.29 is 4.39 Å². The minimum absolute atomic E-state index is 0.313. The number of aromatic amines is 1. The number of imidazole rings is 1. The molecule has 0 aliphatic carbocycles. The average Bonchev–Trinajstić information content (AvgIpc) is 3.11. The van der Waals surface area contributed by atoms with E-state index in [1.165, 1.54) is 12.1 Å². The van der Waals surface area contributed by atoms with Crippen molar-refractivity contribution in [2.24, 2.45) is 0 Å². The number of H-pyrrole nitrogens is 1. The Morgan fingerprint density at radius 1 is 0.778 bits per heavy atom. The molecule has 0 spiro atoms. The molecule has 27 heavy (non-hydrogen) atoms. The van der Waals surface area contributed by atoms with Gasteiger partial charge in [-0.15, -0.1) is 0 Å². The van der Waals surface area contributed by atoms with Crippen LogP contribution in [0.2, 0.25) is 5.02 Å². The molecular formula is C22H13ClFN3. The zero-order valence-electron chi connectivity index (χ0n) is 14.1. The maximum Gasteiger partial charge on any atom is 0.139 e. The third kappa shape index (κ3) is 2.75. The van der Waals surface area contributed by atoms with E-state index in [0.29, 0.717) is 21.7 Å². The average molecular weight is 374 g/mol. The molecule has 5 heteroatoms. The summed E-state index contributed by atoms with van der Waals surface area (Å²) in [5.74, 6) is 0.356. The number of hydrogen-bond acceptors (Lipinski definition) is 2. The van der Waals surface area contributed by atoms with Crippen molar-refractivity contribution in [1.29, 1.82) is 0 Å². The van der Waals surface area contributed by atoms with E-state index in [-0.39, 0.29) is 5.82 Å². The van der Waals surface area contributed by atoms with Crippen molar-refractivity contribution >= 4 is 33.5 Å². The summed E-state index contributed by atoms with van der Waals surface area (Å²) in [6.45, 7) is 0. The van der Waals surface area contributed by atoms with Crippen LogP contribution in [-0.4, -0.2) is 15.0 Å². The predicted octanol–water partition coefficient (Wildman–Crippen LogP) is 6.24. The smallest absolute Gasteiger partial charge is 0.139 e. The normalized spacial score (nSPS) is 11.3. The van der Waals surface area contributed by atoms with E-state index in [2.05, 4.69) is 9.97 Å². The number of nitrogens with zero attached hydrogens (tertiary/aromatic N) is 2. The number of pyridine rings is 1. The standard InChI is InChI=1S/C22H13ClFN3/c23-17-6-2-1-5-14(17)21-12-16(15-11-13(24)9-10-18(15)25-21)22-26-19-7-3-4-8-20(19)27-22/h1-12H,(H,26,27). The Hall–Kier alpha value is -3.24. The van der Waals surface area contributed by atoms with E-state index in [1.54, 1.807) is 6.07 Å². The number of benzene rings is 3. The first kappa shape index (κ1) is 16.0. The molecule has 0 radical (unpaired) electrons. The van der Waals surface area contributed by atoms with Gasteiger partial charge in [0.15, 0.2) is 0 Å². The number of rotatable bonds is 2. The zero-order valence-corrected chi connectivity index (χ0v) is 14.8. The van der Waals surface area contributed by atoms with Crippen LogP contribution in [0.4, 0.5) is 4.39 Å². The Morgan fingerprint density at radius 3 is 2.44 bits per heavy atom. The summed E-state index contributed by atoms with van der Waals surface area (Å²) in [5.41, 5.74) is 4.79. The van der Waals surface area contributed by atoms with Gasteiger partial charge in [-0.05, 0) is 42.5 Å². The first-order valence-corrected chi connectivity index (χ1v) is 8.87. The van der Waals surface area contributed by atoms with Crippen LogP contribution in [-0.2, 0) is 0 Å². The largest absolute Gasteiger partial charge is 0.338 e. The Balaban J connectivity index is 1.83. The van der Waals surface area contributed by atoms with Crippen LogP contribution in [0.3, 0.4) is 0 Å². The molecular weight excluding hydrogens is 361 g/mol. The second-order valence-corrected chi connectivity index (χ2v) is 6.71. The van der Waals surface area contributed by atoms with Gasteiger partial charge in [-0.3, -0.25) is 0 Å². The molecule has 3 nitrogen and oxygen atoms in total. The fourth-order valence-electron chi connectivity index (χ4n) is 3.28. The van der Waals surface area contributed by atoms with Gasteiger partial charge in [0.1, 0.15) is 11.6 Å². The molecule has 3 aromatic carbocycles. The molecule has 0 bridgehead atoms. The predicted molar refractivity (Wildman–Crippen MR) is 107 cm³/mol. The molecule has 0 amide bonds. The van der Waals surface area contributed by atoms with Crippen molar-refractivity contribution in [3.63, 3.8) is 0 Å². The molecule has 5 rings (SSSR count). The molecule has 2 aromatic heterocycles. The third-order valence-corrected chi connectivity index (χ3v) is 4.89. The highest BCUT2D eigenvalue weighted by atomic mass is 35.5. The van der Waals surface area contributed by atoms with E-state index in [1.807, 2.05) is 54.6 Å². The Labute approximate surface area is 159 Å². The molecule has 2 heterocycles. The van der Waals surface area contributed by atoms with Crippen molar-refractivity contribution in [2.75, 3.05) is 0 Å². The lowest BCUT2D eigenvalue weighted by molar-refractivity contribution is 0.629. The quantitative estimate of drug-likeness (QED) is 0.398. The number of hydrogen-bond donors (Lipinski definition) is 1.